The highest BCUT2D eigenvalue weighted by molar-refractivity contribution is 14.1. The molecular weight excluding hydrogens is 247 g/mol. The first-order chi connectivity index (χ1) is 4.79. The summed E-state index contributed by atoms with van der Waals surface area (Å²) in [7, 11) is 0. The van der Waals surface area contributed by atoms with Crippen molar-refractivity contribution in [3.05, 3.63) is 0 Å². The molecule has 0 aromatic carbocycles. The fourth-order valence-corrected chi connectivity index (χ4v) is 2.26. The van der Waals surface area contributed by atoms with Crippen LogP contribution in [0.2, 0.25) is 0 Å². The van der Waals surface area contributed by atoms with Crippen molar-refractivity contribution in [1.29, 1.82) is 0 Å². The quantitative estimate of drug-likeness (QED) is 0.488. The Morgan fingerprint density at radius 1 is 1.20 bits per heavy atom. The Morgan fingerprint density at radius 2 is 1.90 bits per heavy atom. The van der Waals surface area contributed by atoms with Gasteiger partial charge in [-0.15, -0.1) is 0 Å². The van der Waals surface area contributed by atoms with Crippen LogP contribution in [0.5, 0.6) is 0 Å². The van der Waals surface area contributed by atoms with Crippen molar-refractivity contribution < 1.29 is 14.6 Å². The number of hydrogen-bond donors (Lipinski definition) is 1. The SMILES string of the molecule is O[C@H]1COC2C1OC[C@H]2I. The first kappa shape index (κ1) is 7.27. The second-order valence-corrected chi connectivity index (χ2v) is 4.28. The minimum absolute atomic E-state index is 0.0538. The molecule has 0 amide bonds. The average molecular weight is 256 g/mol. The van der Waals surface area contributed by atoms with Crippen LogP contribution in [-0.4, -0.2) is 40.6 Å². The Morgan fingerprint density at radius 3 is 2.60 bits per heavy atom. The third kappa shape index (κ3) is 0.975. The van der Waals surface area contributed by atoms with E-state index in [2.05, 4.69) is 22.6 Å². The molecule has 1 N–H and O–H groups in total. The van der Waals surface area contributed by atoms with Crippen molar-refractivity contribution in [2.75, 3.05) is 13.2 Å². The Labute approximate surface area is 72.8 Å². The molecule has 0 spiro atoms. The van der Waals surface area contributed by atoms with E-state index >= 15 is 0 Å². The van der Waals surface area contributed by atoms with E-state index in [-0.39, 0.29) is 12.2 Å². The first-order valence-electron chi connectivity index (χ1n) is 3.34. The van der Waals surface area contributed by atoms with Gasteiger partial charge in [-0.1, -0.05) is 22.6 Å². The predicted molar refractivity (Wildman–Crippen MR) is 43.3 cm³/mol. The summed E-state index contributed by atoms with van der Waals surface area (Å²) in [4.78, 5) is 0. The topological polar surface area (TPSA) is 38.7 Å². The van der Waals surface area contributed by atoms with Crippen LogP contribution in [0, 0.1) is 0 Å². The molecule has 2 saturated heterocycles. The lowest BCUT2D eigenvalue weighted by Gasteiger charge is -2.09. The zero-order valence-electron chi connectivity index (χ0n) is 5.37. The Hall–Kier alpha value is 0.610. The van der Waals surface area contributed by atoms with Crippen LogP contribution in [-0.2, 0) is 9.47 Å². The predicted octanol–water partition coefficient (Wildman–Crippen LogP) is -0.0515. The van der Waals surface area contributed by atoms with Gasteiger partial charge in [0, 0.05) is 0 Å². The fraction of sp³-hybridized carbons (Fsp3) is 1.00. The second-order valence-electron chi connectivity index (χ2n) is 2.68. The molecule has 2 heterocycles. The number of alkyl halides is 1. The zero-order valence-corrected chi connectivity index (χ0v) is 7.52. The monoisotopic (exact) mass is 256 g/mol. The zero-order chi connectivity index (χ0) is 7.14. The summed E-state index contributed by atoms with van der Waals surface area (Å²) in [5, 5.41) is 9.26. The van der Waals surface area contributed by atoms with Crippen LogP contribution < -0.4 is 0 Å². The highest BCUT2D eigenvalue weighted by Gasteiger charge is 2.45. The van der Waals surface area contributed by atoms with Gasteiger partial charge in [0.1, 0.15) is 18.3 Å². The van der Waals surface area contributed by atoms with Gasteiger partial charge in [-0.25, -0.2) is 0 Å². The van der Waals surface area contributed by atoms with E-state index in [0.717, 1.165) is 0 Å². The van der Waals surface area contributed by atoms with Crippen molar-refractivity contribution in [2.24, 2.45) is 0 Å². The Kier molecular flexibility index (Phi) is 1.88. The lowest BCUT2D eigenvalue weighted by Crippen LogP contribution is -2.28. The van der Waals surface area contributed by atoms with Crippen molar-refractivity contribution in [2.45, 2.75) is 22.2 Å². The van der Waals surface area contributed by atoms with Gasteiger partial charge < -0.3 is 14.6 Å². The first-order valence-corrected chi connectivity index (χ1v) is 4.59. The minimum Gasteiger partial charge on any atom is -0.388 e. The van der Waals surface area contributed by atoms with Crippen LogP contribution >= 0.6 is 22.6 Å². The maximum Gasteiger partial charge on any atom is 0.113 e. The van der Waals surface area contributed by atoms with Gasteiger partial charge in [0.2, 0.25) is 0 Å². The summed E-state index contributed by atoms with van der Waals surface area (Å²) < 4.78 is 11.1. The lowest BCUT2D eigenvalue weighted by atomic mass is 10.1. The molecule has 0 aliphatic carbocycles. The standard InChI is InChI=1S/C6H9IO3/c7-3-1-9-6-4(8)2-10-5(3)6/h3-6,8H,1-2H2/t3-,4+,5?,6?/m1/s1. The summed E-state index contributed by atoms with van der Waals surface area (Å²) in [6.45, 7) is 1.15. The lowest BCUT2D eigenvalue weighted by molar-refractivity contribution is 0.0189. The molecule has 0 aromatic rings. The number of fused-ring (bicyclic) bond motifs is 1. The van der Waals surface area contributed by atoms with Crippen LogP contribution in [0.15, 0.2) is 0 Å². The summed E-state index contributed by atoms with van der Waals surface area (Å²) in [6, 6.07) is 0. The number of aliphatic hydroxyl groups is 1. The molecule has 2 fully saturated rings. The smallest absolute Gasteiger partial charge is 0.113 e. The summed E-state index contributed by atoms with van der Waals surface area (Å²) in [5.41, 5.74) is 0. The van der Waals surface area contributed by atoms with Gasteiger partial charge in [-0.05, 0) is 0 Å². The summed E-state index contributed by atoms with van der Waals surface area (Å²) >= 11 is 2.30. The van der Waals surface area contributed by atoms with Gasteiger partial charge >= 0.3 is 0 Å². The van der Waals surface area contributed by atoms with Crippen molar-refractivity contribution >= 4 is 22.6 Å². The molecule has 10 heavy (non-hydrogen) atoms. The Balaban J connectivity index is 2.09. The molecule has 2 aliphatic rings. The highest BCUT2D eigenvalue weighted by Crippen LogP contribution is 2.30. The molecule has 0 saturated carbocycles. The van der Waals surface area contributed by atoms with E-state index in [9.17, 15) is 5.11 Å². The number of aliphatic hydroxyl groups excluding tert-OH is 1. The molecule has 3 nitrogen and oxygen atoms in total. The molecule has 0 aromatic heterocycles. The maximum atomic E-state index is 9.26. The fourth-order valence-electron chi connectivity index (χ4n) is 1.43. The number of halogens is 1. The van der Waals surface area contributed by atoms with E-state index in [1.54, 1.807) is 0 Å². The number of rotatable bonds is 0. The molecule has 58 valence electrons. The van der Waals surface area contributed by atoms with Crippen molar-refractivity contribution in [3.63, 3.8) is 0 Å². The summed E-state index contributed by atoms with van der Waals surface area (Å²) in [6.07, 6.45) is -0.317. The molecule has 4 heteroatoms. The van der Waals surface area contributed by atoms with Gasteiger partial charge in [-0.2, -0.15) is 0 Å². The van der Waals surface area contributed by atoms with Crippen LogP contribution in [0.4, 0.5) is 0 Å². The normalized spacial score (nSPS) is 53.4. The van der Waals surface area contributed by atoms with Crippen LogP contribution in [0.25, 0.3) is 0 Å². The molecule has 0 radical (unpaired) electrons. The van der Waals surface area contributed by atoms with E-state index < -0.39 is 6.10 Å². The molecular formula is C6H9IO3. The van der Waals surface area contributed by atoms with Crippen molar-refractivity contribution in [1.82, 2.24) is 0 Å². The van der Waals surface area contributed by atoms with Gasteiger partial charge in [0.15, 0.2) is 0 Å². The molecule has 2 aliphatic heterocycles. The third-order valence-corrected chi connectivity index (χ3v) is 3.04. The molecule has 2 rings (SSSR count). The van der Waals surface area contributed by atoms with E-state index in [1.165, 1.54) is 0 Å². The van der Waals surface area contributed by atoms with Gasteiger partial charge in [-0.3, -0.25) is 0 Å². The van der Waals surface area contributed by atoms with Gasteiger partial charge in [0.05, 0.1) is 17.1 Å². The number of ether oxygens (including phenoxy) is 2. The molecule has 4 atom stereocenters. The molecule has 2 unspecified atom stereocenters. The third-order valence-electron chi connectivity index (χ3n) is 1.97. The Bertz CT molecular complexity index is 125. The number of hydrogen-bond acceptors (Lipinski definition) is 3. The van der Waals surface area contributed by atoms with Crippen molar-refractivity contribution in [3.8, 4) is 0 Å². The van der Waals surface area contributed by atoms with Crippen LogP contribution in [0.1, 0.15) is 0 Å². The van der Waals surface area contributed by atoms with Gasteiger partial charge in [0.25, 0.3) is 0 Å². The van der Waals surface area contributed by atoms with E-state index in [1.807, 2.05) is 0 Å². The highest BCUT2D eigenvalue weighted by atomic mass is 127. The van der Waals surface area contributed by atoms with E-state index in [4.69, 9.17) is 9.47 Å². The largest absolute Gasteiger partial charge is 0.388 e. The second kappa shape index (κ2) is 2.58. The average Bonchev–Trinajstić information content (AvgIpc) is 2.41. The van der Waals surface area contributed by atoms with Crippen LogP contribution in [0.3, 0.4) is 0 Å². The minimum atomic E-state index is -0.398. The summed E-state index contributed by atoms with van der Waals surface area (Å²) in [5.74, 6) is 0. The molecule has 0 bridgehead atoms. The maximum absolute atomic E-state index is 9.26. The van der Waals surface area contributed by atoms with E-state index in [0.29, 0.717) is 17.1 Å².